The van der Waals surface area contributed by atoms with Crippen LogP contribution in [0.15, 0.2) is 35.3 Å². The summed E-state index contributed by atoms with van der Waals surface area (Å²) in [4.78, 5) is 23.9. The first kappa shape index (κ1) is 16.1. The minimum Gasteiger partial charge on any atom is -0.334 e. The second-order valence-electron chi connectivity index (χ2n) is 5.18. The van der Waals surface area contributed by atoms with Gasteiger partial charge in [-0.1, -0.05) is 23.7 Å². The number of hydrogen-bond donors (Lipinski definition) is 2. The fraction of sp³-hybridized carbons (Fsp3) is 0.250. The van der Waals surface area contributed by atoms with Gasteiger partial charge in [-0.15, -0.1) is 0 Å². The molecule has 0 radical (unpaired) electrons. The number of anilines is 1. The molecule has 0 aliphatic carbocycles. The number of carbonyl (C=O) groups is 1. The van der Waals surface area contributed by atoms with Crippen molar-refractivity contribution in [3.05, 3.63) is 62.5 Å². The number of aryl methyl sites for hydroxylation is 3. The Morgan fingerprint density at radius 3 is 2.64 bits per heavy atom. The van der Waals surface area contributed by atoms with E-state index in [9.17, 15) is 9.59 Å². The molecule has 2 N–H and O–H groups in total. The van der Waals surface area contributed by atoms with E-state index in [0.29, 0.717) is 11.6 Å². The van der Waals surface area contributed by atoms with Crippen LogP contribution in [0, 0.1) is 13.8 Å². The summed E-state index contributed by atoms with van der Waals surface area (Å²) in [7, 11) is 1.64. The Bertz CT molecular complexity index is 768. The predicted molar refractivity (Wildman–Crippen MR) is 88.5 cm³/mol. The summed E-state index contributed by atoms with van der Waals surface area (Å²) in [5, 5.41) is 6.02. The van der Waals surface area contributed by atoms with Crippen molar-refractivity contribution in [3.63, 3.8) is 0 Å². The zero-order chi connectivity index (χ0) is 16.3. The summed E-state index contributed by atoms with van der Waals surface area (Å²) >= 11 is 5.96. The lowest BCUT2D eigenvalue weighted by atomic mass is 10.1. The van der Waals surface area contributed by atoms with Gasteiger partial charge in [-0.25, -0.2) is 4.79 Å². The van der Waals surface area contributed by atoms with E-state index in [2.05, 4.69) is 10.6 Å². The molecule has 2 aromatic rings. The number of amides is 2. The van der Waals surface area contributed by atoms with Crippen molar-refractivity contribution in [2.24, 2.45) is 7.05 Å². The third kappa shape index (κ3) is 3.68. The van der Waals surface area contributed by atoms with E-state index in [4.69, 9.17) is 11.6 Å². The minimum absolute atomic E-state index is 0.238. The Balaban J connectivity index is 2.03. The van der Waals surface area contributed by atoms with E-state index in [1.807, 2.05) is 19.1 Å². The molecule has 5 nitrogen and oxygen atoms in total. The highest BCUT2D eigenvalue weighted by molar-refractivity contribution is 6.31. The van der Waals surface area contributed by atoms with Gasteiger partial charge in [-0.05, 0) is 42.7 Å². The lowest BCUT2D eigenvalue weighted by Crippen LogP contribution is -2.32. The van der Waals surface area contributed by atoms with Gasteiger partial charge in [-0.3, -0.25) is 4.79 Å². The molecule has 116 valence electrons. The SMILES string of the molecule is Cc1cc(CNC(=O)Nc2c(C)ccn(C)c2=O)ccc1Cl. The topological polar surface area (TPSA) is 63.1 Å². The number of rotatable bonds is 3. The van der Waals surface area contributed by atoms with Gasteiger partial charge in [0.15, 0.2) is 0 Å². The van der Waals surface area contributed by atoms with Crippen LogP contribution < -0.4 is 16.2 Å². The van der Waals surface area contributed by atoms with E-state index < -0.39 is 6.03 Å². The van der Waals surface area contributed by atoms with Gasteiger partial charge >= 0.3 is 6.03 Å². The molecule has 0 aliphatic heterocycles. The minimum atomic E-state index is -0.418. The van der Waals surface area contributed by atoms with Crippen molar-refractivity contribution < 1.29 is 4.79 Å². The molecule has 0 saturated carbocycles. The summed E-state index contributed by atoms with van der Waals surface area (Å²) in [6, 6.07) is 6.92. The van der Waals surface area contributed by atoms with Crippen molar-refractivity contribution in [1.29, 1.82) is 0 Å². The zero-order valence-corrected chi connectivity index (χ0v) is 13.5. The smallest absolute Gasteiger partial charge is 0.319 e. The van der Waals surface area contributed by atoms with Crippen LogP contribution in [-0.2, 0) is 13.6 Å². The summed E-state index contributed by atoms with van der Waals surface area (Å²) < 4.78 is 1.42. The third-order valence-corrected chi connectivity index (χ3v) is 3.81. The Hall–Kier alpha value is -2.27. The van der Waals surface area contributed by atoms with Crippen molar-refractivity contribution in [1.82, 2.24) is 9.88 Å². The maximum absolute atomic E-state index is 12.0. The quantitative estimate of drug-likeness (QED) is 0.913. The molecule has 0 atom stereocenters. The van der Waals surface area contributed by atoms with Gasteiger partial charge < -0.3 is 15.2 Å². The number of nitrogens with one attached hydrogen (secondary N) is 2. The van der Waals surface area contributed by atoms with E-state index >= 15 is 0 Å². The fourth-order valence-electron chi connectivity index (χ4n) is 2.03. The molecule has 0 unspecified atom stereocenters. The molecular formula is C16H18ClN3O2. The Kier molecular flexibility index (Phi) is 4.88. The molecule has 1 heterocycles. The van der Waals surface area contributed by atoms with Crippen LogP contribution >= 0.6 is 11.6 Å². The normalized spacial score (nSPS) is 10.4. The molecule has 0 fully saturated rings. The molecule has 0 aliphatic rings. The van der Waals surface area contributed by atoms with Gasteiger partial charge in [0.1, 0.15) is 5.69 Å². The average Bonchev–Trinajstić information content (AvgIpc) is 2.49. The van der Waals surface area contributed by atoms with Crippen LogP contribution in [-0.4, -0.2) is 10.6 Å². The Morgan fingerprint density at radius 1 is 1.23 bits per heavy atom. The number of pyridine rings is 1. The second-order valence-corrected chi connectivity index (χ2v) is 5.59. The van der Waals surface area contributed by atoms with E-state index in [0.717, 1.165) is 16.7 Å². The first-order valence-corrected chi connectivity index (χ1v) is 7.22. The standard InChI is InChI=1S/C16H18ClN3O2/c1-10-6-7-20(3)15(21)14(10)19-16(22)18-9-12-4-5-13(17)11(2)8-12/h4-8H,9H2,1-3H3,(H2,18,19,22). The molecule has 0 spiro atoms. The summed E-state index contributed by atoms with van der Waals surface area (Å²) in [5.41, 5.74) is 2.66. The molecule has 22 heavy (non-hydrogen) atoms. The highest BCUT2D eigenvalue weighted by atomic mass is 35.5. The second kappa shape index (κ2) is 6.66. The van der Waals surface area contributed by atoms with Crippen molar-refractivity contribution in [3.8, 4) is 0 Å². The summed E-state index contributed by atoms with van der Waals surface area (Å²) in [6.07, 6.45) is 1.66. The Labute approximate surface area is 133 Å². The van der Waals surface area contributed by atoms with Crippen LogP contribution in [0.1, 0.15) is 16.7 Å². The van der Waals surface area contributed by atoms with Crippen LogP contribution in [0.5, 0.6) is 0 Å². The molecule has 2 amide bonds. The molecule has 1 aromatic carbocycles. The number of aromatic nitrogens is 1. The highest BCUT2D eigenvalue weighted by Crippen LogP contribution is 2.16. The van der Waals surface area contributed by atoms with Crippen LogP contribution in [0.25, 0.3) is 0 Å². The number of halogens is 1. The monoisotopic (exact) mass is 319 g/mol. The molecular weight excluding hydrogens is 302 g/mol. The van der Waals surface area contributed by atoms with Crippen molar-refractivity contribution >= 4 is 23.3 Å². The first-order chi connectivity index (χ1) is 10.4. The molecule has 0 saturated heterocycles. The maximum atomic E-state index is 12.0. The van der Waals surface area contributed by atoms with Gasteiger partial charge in [0.25, 0.3) is 5.56 Å². The maximum Gasteiger partial charge on any atom is 0.319 e. The molecule has 1 aromatic heterocycles. The Morgan fingerprint density at radius 2 is 1.95 bits per heavy atom. The summed E-state index contributed by atoms with van der Waals surface area (Å²) in [5.74, 6) is 0. The predicted octanol–water partition coefficient (Wildman–Crippen LogP) is 2.98. The van der Waals surface area contributed by atoms with Crippen LogP contribution in [0.3, 0.4) is 0 Å². The van der Waals surface area contributed by atoms with E-state index in [1.54, 1.807) is 32.3 Å². The number of carbonyl (C=O) groups excluding carboxylic acids is 1. The summed E-state index contributed by atoms with van der Waals surface area (Å²) in [6.45, 7) is 4.04. The molecule has 0 bridgehead atoms. The van der Waals surface area contributed by atoms with Gasteiger partial charge in [-0.2, -0.15) is 0 Å². The average molecular weight is 320 g/mol. The third-order valence-electron chi connectivity index (χ3n) is 3.39. The van der Waals surface area contributed by atoms with Gasteiger partial charge in [0.05, 0.1) is 0 Å². The van der Waals surface area contributed by atoms with Crippen molar-refractivity contribution in [2.45, 2.75) is 20.4 Å². The number of urea groups is 1. The highest BCUT2D eigenvalue weighted by Gasteiger charge is 2.09. The molecule has 6 heteroatoms. The van der Waals surface area contributed by atoms with E-state index in [-0.39, 0.29) is 11.2 Å². The van der Waals surface area contributed by atoms with E-state index in [1.165, 1.54) is 4.57 Å². The van der Waals surface area contributed by atoms with Crippen molar-refractivity contribution in [2.75, 3.05) is 5.32 Å². The van der Waals surface area contributed by atoms with Gasteiger partial charge in [0.2, 0.25) is 0 Å². The largest absolute Gasteiger partial charge is 0.334 e. The van der Waals surface area contributed by atoms with Crippen LogP contribution in [0.2, 0.25) is 5.02 Å². The number of hydrogen-bond acceptors (Lipinski definition) is 2. The number of nitrogens with zero attached hydrogens (tertiary/aromatic N) is 1. The van der Waals surface area contributed by atoms with Gasteiger partial charge in [0, 0.05) is 24.8 Å². The fourth-order valence-corrected chi connectivity index (χ4v) is 2.15. The molecule has 2 rings (SSSR count). The lowest BCUT2D eigenvalue weighted by molar-refractivity contribution is 0.251. The lowest BCUT2D eigenvalue weighted by Gasteiger charge is -2.11. The zero-order valence-electron chi connectivity index (χ0n) is 12.7. The number of benzene rings is 1. The first-order valence-electron chi connectivity index (χ1n) is 6.84. The van der Waals surface area contributed by atoms with Crippen LogP contribution in [0.4, 0.5) is 10.5 Å².